The lowest BCUT2D eigenvalue weighted by molar-refractivity contribution is -0.129. The molecule has 7 nitrogen and oxygen atoms in total. The second kappa shape index (κ2) is 6.54. The molecule has 1 aliphatic carbocycles. The van der Waals surface area contributed by atoms with Crippen molar-refractivity contribution < 1.29 is 19.1 Å². The molecular formula is C15H25N3O4. The quantitative estimate of drug-likeness (QED) is 0.729. The van der Waals surface area contributed by atoms with Gasteiger partial charge in [0, 0.05) is 32.1 Å². The average molecular weight is 311 g/mol. The van der Waals surface area contributed by atoms with Gasteiger partial charge in [0.25, 0.3) is 0 Å². The summed E-state index contributed by atoms with van der Waals surface area (Å²) in [7, 11) is 0. The SMILES string of the molecule is CC(C)(C)OC(=O)NCCNC(=O)[C@@H]1CC(=O)N(C2CC2)C1. The van der Waals surface area contributed by atoms with Crippen molar-refractivity contribution in [1.29, 1.82) is 0 Å². The van der Waals surface area contributed by atoms with Gasteiger partial charge < -0.3 is 20.3 Å². The van der Waals surface area contributed by atoms with Gasteiger partial charge in [-0.25, -0.2) is 4.79 Å². The Kier molecular flexibility index (Phi) is 4.93. The fraction of sp³-hybridized carbons (Fsp3) is 0.800. The van der Waals surface area contributed by atoms with Crippen LogP contribution in [0, 0.1) is 5.92 Å². The van der Waals surface area contributed by atoms with E-state index in [1.54, 1.807) is 20.8 Å². The summed E-state index contributed by atoms with van der Waals surface area (Å²) in [6.45, 7) is 6.51. The molecule has 2 N–H and O–H groups in total. The molecule has 1 heterocycles. The number of hydrogen-bond donors (Lipinski definition) is 2. The highest BCUT2D eigenvalue weighted by atomic mass is 16.6. The number of alkyl carbamates (subject to hydrolysis) is 1. The van der Waals surface area contributed by atoms with E-state index in [-0.39, 0.29) is 17.7 Å². The minimum absolute atomic E-state index is 0.0783. The zero-order valence-electron chi connectivity index (χ0n) is 13.5. The van der Waals surface area contributed by atoms with Gasteiger partial charge in [-0.1, -0.05) is 0 Å². The molecule has 2 aliphatic rings. The minimum Gasteiger partial charge on any atom is -0.444 e. The number of carbonyl (C=O) groups is 3. The van der Waals surface area contributed by atoms with Gasteiger partial charge in [0.05, 0.1) is 5.92 Å². The summed E-state index contributed by atoms with van der Waals surface area (Å²) < 4.78 is 5.09. The third-order valence-electron chi connectivity index (χ3n) is 3.61. The molecule has 0 bridgehead atoms. The van der Waals surface area contributed by atoms with Crippen LogP contribution in [0.1, 0.15) is 40.0 Å². The maximum absolute atomic E-state index is 12.0. The fourth-order valence-electron chi connectivity index (χ4n) is 2.46. The predicted octanol–water partition coefficient (Wildman–Crippen LogP) is 0.638. The third kappa shape index (κ3) is 4.89. The number of amides is 3. The average Bonchev–Trinajstić information content (AvgIpc) is 3.15. The first-order valence-corrected chi connectivity index (χ1v) is 7.80. The van der Waals surface area contributed by atoms with E-state index in [1.807, 2.05) is 4.90 Å². The van der Waals surface area contributed by atoms with Crippen LogP contribution in [0.4, 0.5) is 4.79 Å². The van der Waals surface area contributed by atoms with Crippen molar-refractivity contribution in [2.24, 2.45) is 5.92 Å². The van der Waals surface area contributed by atoms with E-state index in [2.05, 4.69) is 10.6 Å². The molecule has 0 aromatic heterocycles. The second-order valence-electron chi connectivity index (χ2n) is 6.90. The molecule has 1 aliphatic heterocycles. The van der Waals surface area contributed by atoms with Gasteiger partial charge in [0.15, 0.2) is 0 Å². The van der Waals surface area contributed by atoms with Gasteiger partial charge in [-0.3, -0.25) is 9.59 Å². The van der Waals surface area contributed by atoms with Crippen molar-refractivity contribution in [1.82, 2.24) is 15.5 Å². The Morgan fingerprint density at radius 3 is 2.45 bits per heavy atom. The van der Waals surface area contributed by atoms with Crippen molar-refractivity contribution in [3.63, 3.8) is 0 Å². The van der Waals surface area contributed by atoms with Crippen LogP contribution in [0.2, 0.25) is 0 Å². The van der Waals surface area contributed by atoms with Crippen molar-refractivity contribution in [2.75, 3.05) is 19.6 Å². The zero-order valence-corrected chi connectivity index (χ0v) is 13.5. The van der Waals surface area contributed by atoms with Crippen LogP contribution in [0.3, 0.4) is 0 Å². The molecule has 0 radical (unpaired) electrons. The number of ether oxygens (including phenoxy) is 1. The molecule has 3 amide bonds. The predicted molar refractivity (Wildman–Crippen MR) is 80.1 cm³/mol. The monoisotopic (exact) mass is 311 g/mol. The highest BCUT2D eigenvalue weighted by Gasteiger charge is 2.41. The van der Waals surface area contributed by atoms with Crippen LogP contribution in [0.5, 0.6) is 0 Å². The maximum Gasteiger partial charge on any atom is 0.407 e. The van der Waals surface area contributed by atoms with E-state index in [9.17, 15) is 14.4 Å². The summed E-state index contributed by atoms with van der Waals surface area (Å²) in [6, 6.07) is 0.360. The van der Waals surface area contributed by atoms with E-state index >= 15 is 0 Å². The van der Waals surface area contributed by atoms with Gasteiger partial charge >= 0.3 is 6.09 Å². The van der Waals surface area contributed by atoms with Gasteiger partial charge in [-0.05, 0) is 33.6 Å². The largest absolute Gasteiger partial charge is 0.444 e. The maximum atomic E-state index is 12.0. The first-order valence-electron chi connectivity index (χ1n) is 7.80. The highest BCUT2D eigenvalue weighted by Crippen LogP contribution is 2.32. The molecule has 0 spiro atoms. The number of rotatable bonds is 5. The highest BCUT2D eigenvalue weighted by molar-refractivity contribution is 5.89. The molecular weight excluding hydrogens is 286 g/mol. The molecule has 22 heavy (non-hydrogen) atoms. The molecule has 1 saturated heterocycles. The standard InChI is InChI=1S/C15H25N3O4/c1-15(2,3)22-14(21)17-7-6-16-13(20)10-8-12(19)18(9-10)11-4-5-11/h10-11H,4-9H2,1-3H3,(H,16,20)(H,17,21)/t10-/m1/s1. The lowest BCUT2D eigenvalue weighted by Crippen LogP contribution is -2.40. The fourth-order valence-corrected chi connectivity index (χ4v) is 2.46. The Hall–Kier alpha value is -1.79. The van der Waals surface area contributed by atoms with Crippen molar-refractivity contribution in [2.45, 2.75) is 51.7 Å². The molecule has 124 valence electrons. The summed E-state index contributed by atoms with van der Waals surface area (Å²) in [5.41, 5.74) is -0.538. The Morgan fingerprint density at radius 2 is 1.86 bits per heavy atom. The number of nitrogens with one attached hydrogen (secondary N) is 2. The molecule has 2 fully saturated rings. The van der Waals surface area contributed by atoms with Crippen molar-refractivity contribution in [3.05, 3.63) is 0 Å². The van der Waals surface area contributed by atoms with Crippen LogP contribution in [0.25, 0.3) is 0 Å². The van der Waals surface area contributed by atoms with E-state index in [4.69, 9.17) is 4.74 Å². The topological polar surface area (TPSA) is 87.7 Å². The summed E-state index contributed by atoms with van der Waals surface area (Å²) >= 11 is 0. The van der Waals surface area contributed by atoms with Crippen molar-refractivity contribution >= 4 is 17.9 Å². The lowest BCUT2D eigenvalue weighted by atomic mass is 10.1. The minimum atomic E-state index is -0.538. The molecule has 0 aromatic rings. The molecule has 1 atom stereocenters. The van der Waals surface area contributed by atoms with E-state index in [0.717, 1.165) is 12.8 Å². The Labute approximate surface area is 130 Å². The molecule has 7 heteroatoms. The molecule has 0 unspecified atom stereocenters. The van der Waals surface area contributed by atoms with E-state index in [1.165, 1.54) is 0 Å². The van der Waals surface area contributed by atoms with Crippen LogP contribution < -0.4 is 10.6 Å². The van der Waals surface area contributed by atoms with Crippen LogP contribution in [-0.2, 0) is 14.3 Å². The van der Waals surface area contributed by atoms with Gasteiger partial charge in [0.1, 0.15) is 5.60 Å². The second-order valence-corrected chi connectivity index (χ2v) is 6.90. The number of nitrogens with zero attached hydrogens (tertiary/aromatic N) is 1. The number of carbonyl (C=O) groups excluding carboxylic acids is 3. The molecule has 0 aromatic carbocycles. The lowest BCUT2D eigenvalue weighted by Gasteiger charge is -2.19. The first-order chi connectivity index (χ1) is 10.3. The van der Waals surface area contributed by atoms with Gasteiger partial charge in [-0.2, -0.15) is 0 Å². The van der Waals surface area contributed by atoms with Crippen molar-refractivity contribution in [3.8, 4) is 0 Å². The third-order valence-corrected chi connectivity index (χ3v) is 3.61. The summed E-state index contributed by atoms with van der Waals surface area (Å²) in [5, 5.41) is 5.33. The van der Waals surface area contributed by atoms with Gasteiger partial charge in [0.2, 0.25) is 11.8 Å². The molecule has 2 rings (SSSR count). The Balaban J connectivity index is 1.62. The number of hydrogen-bond acceptors (Lipinski definition) is 4. The summed E-state index contributed by atoms with van der Waals surface area (Å²) in [5.74, 6) is -0.313. The smallest absolute Gasteiger partial charge is 0.407 e. The number of likely N-dealkylation sites (tertiary alicyclic amines) is 1. The van der Waals surface area contributed by atoms with E-state index in [0.29, 0.717) is 32.1 Å². The molecule has 1 saturated carbocycles. The van der Waals surface area contributed by atoms with Crippen LogP contribution in [-0.4, -0.2) is 54.1 Å². The summed E-state index contributed by atoms with van der Waals surface area (Å²) in [4.78, 5) is 37.1. The van der Waals surface area contributed by atoms with Crippen LogP contribution in [0.15, 0.2) is 0 Å². The Bertz CT molecular complexity index is 454. The zero-order chi connectivity index (χ0) is 16.3. The Morgan fingerprint density at radius 1 is 1.23 bits per heavy atom. The summed E-state index contributed by atoms with van der Waals surface area (Å²) in [6.07, 6.45) is 1.90. The normalized spacial score (nSPS) is 21.7. The van der Waals surface area contributed by atoms with Gasteiger partial charge in [-0.15, -0.1) is 0 Å². The van der Waals surface area contributed by atoms with Crippen LogP contribution >= 0.6 is 0 Å². The first kappa shape index (κ1) is 16.6. The van der Waals surface area contributed by atoms with E-state index < -0.39 is 11.7 Å².